The molecule has 2 aromatic rings. The molecule has 90 valence electrons. The van der Waals surface area contributed by atoms with Gasteiger partial charge in [-0.05, 0) is 6.92 Å². The molecular formula is C17H16O. The molecule has 18 heavy (non-hydrogen) atoms. The van der Waals surface area contributed by atoms with Gasteiger partial charge in [0.05, 0.1) is 0 Å². The Morgan fingerprint density at radius 1 is 0.944 bits per heavy atom. The van der Waals surface area contributed by atoms with Crippen molar-refractivity contribution in [3.05, 3.63) is 77.4 Å². The van der Waals surface area contributed by atoms with Crippen LogP contribution in [-0.4, -0.2) is 13.4 Å². The highest BCUT2D eigenvalue weighted by atomic mass is 16.4. The van der Waals surface area contributed by atoms with Crippen molar-refractivity contribution in [1.82, 2.24) is 0 Å². The van der Waals surface area contributed by atoms with Crippen LogP contribution in [0, 0.1) is 6.92 Å². The zero-order valence-corrected chi connectivity index (χ0v) is 10.7. The maximum absolute atomic E-state index is 4.91. The molecule has 0 amide bonds. The van der Waals surface area contributed by atoms with Crippen molar-refractivity contribution < 1.29 is 4.42 Å². The van der Waals surface area contributed by atoms with Crippen molar-refractivity contribution in [2.75, 3.05) is 7.11 Å². The smallest absolute Gasteiger partial charge is 0.229 e. The van der Waals surface area contributed by atoms with Gasteiger partial charge in [0.1, 0.15) is 0 Å². The van der Waals surface area contributed by atoms with Gasteiger partial charge in [0.2, 0.25) is 13.4 Å². The summed E-state index contributed by atoms with van der Waals surface area (Å²) >= 11 is 0. The van der Waals surface area contributed by atoms with Gasteiger partial charge in [0.25, 0.3) is 0 Å². The molecule has 0 spiro atoms. The molecule has 0 saturated heterocycles. The van der Waals surface area contributed by atoms with E-state index in [1.54, 1.807) is 7.11 Å². The van der Waals surface area contributed by atoms with Gasteiger partial charge < -0.3 is 4.42 Å². The van der Waals surface area contributed by atoms with Crippen LogP contribution in [0.15, 0.2) is 60.7 Å². The van der Waals surface area contributed by atoms with E-state index in [4.69, 9.17) is 4.42 Å². The monoisotopic (exact) mass is 236 g/mol. The molecule has 0 saturated carbocycles. The maximum atomic E-state index is 4.91. The van der Waals surface area contributed by atoms with Crippen LogP contribution in [0.3, 0.4) is 0 Å². The summed E-state index contributed by atoms with van der Waals surface area (Å²) in [6.07, 6.45) is 4.67. The highest BCUT2D eigenvalue weighted by Crippen LogP contribution is 2.22. The third kappa shape index (κ3) is 2.95. The first kappa shape index (κ1) is 12.3. The number of hydrogen-bond acceptors (Lipinski definition) is 0. The predicted molar refractivity (Wildman–Crippen MR) is 76.3 cm³/mol. The summed E-state index contributed by atoms with van der Waals surface area (Å²) in [6, 6.07) is 18.7. The lowest BCUT2D eigenvalue weighted by atomic mass is 9.97. The second-order valence-corrected chi connectivity index (χ2v) is 4.11. The molecule has 0 aliphatic rings. The van der Waals surface area contributed by atoms with E-state index in [1.165, 1.54) is 5.56 Å². The minimum Gasteiger partial charge on any atom is -0.355 e. The van der Waals surface area contributed by atoms with Gasteiger partial charge in [-0.3, -0.25) is 0 Å². The van der Waals surface area contributed by atoms with Gasteiger partial charge in [-0.1, -0.05) is 71.3 Å². The number of carbonyl (C=O) groups excluding carboxylic acids is 1. The summed E-state index contributed by atoms with van der Waals surface area (Å²) in [5, 5.41) is 0. The van der Waals surface area contributed by atoms with Crippen LogP contribution in [0.2, 0.25) is 0 Å². The van der Waals surface area contributed by atoms with Crippen molar-refractivity contribution in [3.8, 4) is 0 Å². The maximum Gasteiger partial charge on any atom is 0.229 e. The van der Waals surface area contributed by atoms with E-state index in [2.05, 4.69) is 49.6 Å². The molecule has 0 aliphatic heterocycles. The summed E-state index contributed by atoms with van der Waals surface area (Å²) in [5.41, 5.74) is 4.69. The first-order valence-electron chi connectivity index (χ1n) is 5.92. The predicted octanol–water partition coefficient (Wildman–Crippen LogP) is 3.70. The second-order valence-electron chi connectivity index (χ2n) is 4.11. The molecule has 0 radical (unpaired) electrons. The van der Waals surface area contributed by atoms with Gasteiger partial charge in [0, 0.05) is 0 Å². The molecule has 0 aromatic heterocycles. The van der Waals surface area contributed by atoms with E-state index in [-0.39, 0.29) is 0 Å². The standard InChI is InChI=1S/C17H16O/c1-14-8-10-16(11-9-14)17(12-13-18-2)15-6-4-3-5-7-15/h3-12H,1-2H3/b17-12+. The van der Waals surface area contributed by atoms with Crippen molar-refractivity contribution in [1.29, 1.82) is 0 Å². The average molecular weight is 236 g/mol. The van der Waals surface area contributed by atoms with Gasteiger partial charge in [-0.25, -0.2) is 0 Å². The SMILES string of the molecule is C[O+]=[C-]/C=C(\c1ccccc1)c1ccc(C)cc1. The number of allylic oxidation sites excluding steroid dienone is 1. The topological polar surface area (TPSA) is 11.3 Å². The van der Waals surface area contributed by atoms with Crippen LogP contribution in [0.5, 0.6) is 0 Å². The summed E-state index contributed by atoms with van der Waals surface area (Å²) in [5.74, 6) is 0. The highest BCUT2D eigenvalue weighted by Gasteiger charge is 1.96. The second kappa shape index (κ2) is 5.97. The summed E-state index contributed by atoms with van der Waals surface area (Å²) in [4.78, 5) is 0. The van der Waals surface area contributed by atoms with E-state index in [9.17, 15) is 0 Å². The van der Waals surface area contributed by atoms with Gasteiger partial charge in [-0.2, -0.15) is 5.57 Å². The van der Waals surface area contributed by atoms with Crippen LogP contribution in [0.4, 0.5) is 0 Å². The average Bonchev–Trinajstić information content (AvgIpc) is 2.42. The molecular weight excluding hydrogens is 220 g/mol. The molecule has 0 atom stereocenters. The van der Waals surface area contributed by atoms with Crippen molar-refractivity contribution in [3.63, 3.8) is 0 Å². The lowest BCUT2D eigenvalue weighted by Crippen LogP contribution is -1.89. The van der Waals surface area contributed by atoms with Crippen molar-refractivity contribution in [2.45, 2.75) is 6.92 Å². The highest BCUT2D eigenvalue weighted by molar-refractivity contribution is 5.90. The van der Waals surface area contributed by atoms with E-state index in [0.29, 0.717) is 0 Å². The fourth-order valence-corrected chi connectivity index (χ4v) is 1.80. The lowest BCUT2D eigenvalue weighted by Gasteiger charge is -2.14. The first-order valence-corrected chi connectivity index (χ1v) is 5.92. The quantitative estimate of drug-likeness (QED) is 0.437. The molecule has 2 rings (SSSR count). The summed E-state index contributed by atoms with van der Waals surface area (Å²) in [6.45, 7) is 2.09. The van der Waals surface area contributed by atoms with Gasteiger partial charge in [-0.15, -0.1) is 6.08 Å². The third-order valence-electron chi connectivity index (χ3n) is 2.77. The molecule has 2 aromatic carbocycles. The Morgan fingerprint density at radius 3 is 2.17 bits per heavy atom. The molecule has 0 fully saturated rings. The molecule has 1 nitrogen and oxygen atoms in total. The Balaban J connectivity index is 2.47. The molecule has 0 heterocycles. The fourth-order valence-electron chi connectivity index (χ4n) is 1.80. The summed E-state index contributed by atoms with van der Waals surface area (Å²) in [7, 11) is 1.61. The zero-order valence-electron chi connectivity index (χ0n) is 10.7. The van der Waals surface area contributed by atoms with Crippen molar-refractivity contribution >= 4 is 11.9 Å². The van der Waals surface area contributed by atoms with Crippen LogP contribution in [0.25, 0.3) is 5.57 Å². The van der Waals surface area contributed by atoms with E-state index >= 15 is 0 Å². The van der Waals surface area contributed by atoms with Crippen LogP contribution in [-0.2, 0) is 4.42 Å². The van der Waals surface area contributed by atoms with E-state index in [1.807, 2.05) is 24.3 Å². The molecule has 0 bridgehead atoms. The molecule has 0 N–H and O–H groups in total. The molecule has 0 aliphatic carbocycles. The largest absolute Gasteiger partial charge is 0.355 e. The fraction of sp³-hybridized carbons (Fsp3) is 0.118. The number of aryl methyl sites for hydroxylation is 1. The number of benzene rings is 2. The normalized spacial score (nSPS) is 12.0. The van der Waals surface area contributed by atoms with Crippen molar-refractivity contribution in [2.24, 2.45) is 0 Å². The number of rotatable bonds is 3. The minimum atomic E-state index is 1.11. The Morgan fingerprint density at radius 2 is 1.56 bits per heavy atom. The van der Waals surface area contributed by atoms with E-state index in [0.717, 1.165) is 16.7 Å². The molecule has 0 unspecified atom stereocenters. The first-order chi connectivity index (χ1) is 8.81. The van der Waals surface area contributed by atoms with Crippen LogP contribution < -0.4 is 0 Å². The Hall–Kier alpha value is -2.15. The Labute approximate surface area is 108 Å². The van der Waals surface area contributed by atoms with Crippen LogP contribution >= 0.6 is 0 Å². The van der Waals surface area contributed by atoms with Gasteiger partial charge >= 0.3 is 0 Å². The Bertz CT molecular complexity index is 548. The Kier molecular flexibility index (Phi) is 4.08. The molecule has 1 heteroatoms. The number of hydrogen-bond donors (Lipinski definition) is 0. The third-order valence-corrected chi connectivity index (χ3v) is 2.77. The van der Waals surface area contributed by atoms with E-state index < -0.39 is 0 Å². The minimum absolute atomic E-state index is 1.11. The zero-order chi connectivity index (χ0) is 12.8. The van der Waals surface area contributed by atoms with Crippen LogP contribution in [0.1, 0.15) is 16.7 Å². The van der Waals surface area contributed by atoms with Gasteiger partial charge in [0.15, 0.2) is 0 Å². The summed E-state index contributed by atoms with van der Waals surface area (Å²) < 4.78 is 4.91. The lowest BCUT2D eigenvalue weighted by molar-refractivity contribution is 0.186.